The van der Waals surface area contributed by atoms with Gasteiger partial charge in [0.15, 0.2) is 0 Å². The molecule has 1 aromatic heterocycles. The van der Waals surface area contributed by atoms with Crippen LogP contribution < -0.4 is 11.5 Å². The molecule has 0 fully saturated rings. The topological polar surface area (TPSA) is 94.9 Å². The van der Waals surface area contributed by atoms with Crippen molar-refractivity contribution in [3.8, 4) is 0 Å². The summed E-state index contributed by atoms with van der Waals surface area (Å²) in [7, 11) is 0. The lowest BCUT2D eigenvalue weighted by Gasteiger charge is -2.05. The van der Waals surface area contributed by atoms with Crippen molar-refractivity contribution in [2.24, 2.45) is 11.7 Å². The highest BCUT2D eigenvalue weighted by atomic mass is 32.2. The molecule has 0 spiro atoms. The predicted octanol–water partition coefficient (Wildman–Crippen LogP) is 1.05. The van der Waals surface area contributed by atoms with Gasteiger partial charge in [-0.05, 0) is 11.7 Å². The maximum absolute atomic E-state index is 10.9. The van der Waals surface area contributed by atoms with E-state index in [1.54, 1.807) is 11.8 Å². The molecule has 6 heteroatoms. The highest BCUT2D eigenvalue weighted by Gasteiger charge is 2.09. The van der Waals surface area contributed by atoms with Crippen molar-refractivity contribution in [2.45, 2.75) is 19.6 Å². The van der Waals surface area contributed by atoms with E-state index in [1.165, 1.54) is 6.20 Å². The van der Waals surface area contributed by atoms with Gasteiger partial charge in [-0.1, -0.05) is 13.8 Å². The molecule has 0 unspecified atom stereocenters. The Hall–Kier alpha value is -1.30. The monoisotopic (exact) mass is 240 g/mol. The van der Waals surface area contributed by atoms with Crippen LogP contribution >= 0.6 is 11.8 Å². The molecule has 1 amide bonds. The Labute approximate surface area is 99.0 Å². The Balaban J connectivity index is 2.63. The van der Waals surface area contributed by atoms with Gasteiger partial charge in [-0.25, -0.2) is 9.97 Å². The summed E-state index contributed by atoms with van der Waals surface area (Å²) in [5, 5.41) is 0. The third-order valence-corrected chi connectivity index (χ3v) is 3.18. The van der Waals surface area contributed by atoms with Gasteiger partial charge in [-0.15, -0.1) is 0 Å². The molecule has 16 heavy (non-hydrogen) atoms. The normalized spacial score (nSPS) is 10.7. The Morgan fingerprint density at radius 1 is 1.56 bits per heavy atom. The van der Waals surface area contributed by atoms with Crippen LogP contribution in [-0.2, 0) is 5.75 Å². The minimum Gasteiger partial charge on any atom is -0.383 e. The molecule has 1 rings (SSSR count). The fraction of sp³-hybridized carbons (Fsp3) is 0.500. The zero-order chi connectivity index (χ0) is 12.1. The zero-order valence-corrected chi connectivity index (χ0v) is 10.3. The Morgan fingerprint density at radius 3 is 2.75 bits per heavy atom. The molecule has 0 bridgehead atoms. The van der Waals surface area contributed by atoms with Crippen LogP contribution in [0.4, 0.5) is 5.82 Å². The summed E-state index contributed by atoms with van der Waals surface area (Å²) < 4.78 is 0. The number of hydrogen-bond acceptors (Lipinski definition) is 5. The minimum absolute atomic E-state index is 0.155. The average Bonchev–Trinajstić information content (AvgIpc) is 2.16. The van der Waals surface area contributed by atoms with Crippen LogP contribution in [0.1, 0.15) is 30.0 Å². The summed E-state index contributed by atoms with van der Waals surface area (Å²) >= 11 is 1.74. The standard InChI is InChI=1S/C10H16N4OS/c1-6(2)4-16-5-8-13-3-7(10(12)15)9(11)14-8/h3,6H,4-5H2,1-2H3,(H2,12,15)(H2,11,13,14). The number of amides is 1. The zero-order valence-electron chi connectivity index (χ0n) is 9.43. The lowest BCUT2D eigenvalue weighted by atomic mass is 10.3. The maximum atomic E-state index is 10.9. The summed E-state index contributed by atoms with van der Waals surface area (Å²) in [6, 6.07) is 0. The summed E-state index contributed by atoms with van der Waals surface area (Å²) in [6.45, 7) is 4.30. The largest absolute Gasteiger partial charge is 0.383 e. The molecule has 5 nitrogen and oxygen atoms in total. The number of nitrogens with two attached hydrogens (primary N) is 2. The van der Waals surface area contributed by atoms with Crippen molar-refractivity contribution < 1.29 is 4.79 Å². The van der Waals surface area contributed by atoms with Gasteiger partial charge in [0.05, 0.1) is 11.3 Å². The number of nitrogens with zero attached hydrogens (tertiary/aromatic N) is 2. The van der Waals surface area contributed by atoms with E-state index in [0.29, 0.717) is 17.5 Å². The van der Waals surface area contributed by atoms with Crippen LogP contribution in [0.5, 0.6) is 0 Å². The van der Waals surface area contributed by atoms with Crippen LogP contribution in [0.2, 0.25) is 0 Å². The van der Waals surface area contributed by atoms with Gasteiger partial charge in [0, 0.05) is 6.20 Å². The third kappa shape index (κ3) is 3.69. The molecule has 0 radical (unpaired) electrons. The molecule has 0 saturated carbocycles. The van der Waals surface area contributed by atoms with Gasteiger partial charge >= 0.3 is 0 Å². The first-order valence-electron chi connectivity index (χ1n) is 4.99. The number of aromatic nitrogens is 2. The number of nitrogen functional groups attached to an aromatic ring is 1. The Bertz CT molecular complexity index is 381. The van der Waals surface area contributed by atoms with Gasteiger partial charge in [-0.2, -0.15) is 11.8 Å². The number of primary amides is 1. The highest BCUT2D eigenvalue weighted by Crippen LogP contribution is 2.14. The molecule has 0 atom stereocenters. The van der Waals surface area contributed by atoms with E-state index < -0.39 is 5.91 Å². The number of hydrogen-bond donors (Lipinski definition) is 2. The summed E-state index contributed by atoms with van der Waals surface area (Å²) in [4.78, 5) is 19.0. The highest BCUT2D eigenvalue weighted by molar-refractivity contribution is 7.98. The van der Waals surface area contributed by atoms with Gasteiger partial charge < -0.3 is 11.5 Å². The van der Waals surface area contributed by atoms with E-state index in [2.05, 4.69) is 23.8 Å². The summed E-state index contributed by atoms with van der Waals surface area (Å²) in [5.74, 6) is 2.56. The van der Waals surface area contributed by atoms with Gasteiger partial charge in [0.1, 0.15) is 11.6 Å². The van der Waals surface area contributed by atoms with Crippen LogP contribution in [0, 0.1) is 5.92 Å². The first-order valence-corrected chi connectivity index (χ1v) is 6.15. The van der Waals surface area contributed by atoms with Crippen molar-refractivity contribution in [3.63, 3.8) is 0 Å². The van der Waals surface area contributed by atoms with Crippen molar-refractivity contribution in [2.75, 3.05) is 11.5 Å². The molecule has 1 heterocycles. The van der Waals surface area contributed by atoms with Crippen molar-refractivity contribution in [3.05, 3.63) is 17.6 Å². The van der Waals surface area contributed by atoms with Crippen LogP contribution in [0.3, 0.4) is 0 Å². The van der Waals surface area contributed by atoms with E-state index in [9.17, 15) is 4.79 Å². The molecular weight excluding hydrogens is 224 g/mol. The fourth-order valence-corrected chi connectivity index (χ4v) is 1.99. The number of rotatable bonds is 5. The minimum atomic E-state index is -0.598. The van der Waals surface area contributed by atoms with Crippen LogP contribution in [0.15, 0.2) is 6.20 Å². The summed E-state index contributed by atoms with van der Waals surface area (Å²) in [5.41, 5.74) is 10.9. The quantitative estimate of drug-likeness (QED) is 0.802. The molecule has 1 aromatic rings. The smallest absolute Gasteiger partial charge is 0.254 e. The van der Waals surface area contributed by atoms with Gasteiger partial charge in [0.2, 0.25) is 0 Å². The van der Waals surface area contributed by atoms with Gasteiger partial charge in [-0.3, -0.25) is 4.79 Å². The fourth-order valence-electron chi connectivity index (χ4n) is 1.08. The lowest BCUT2D eigenvalue weighted by molar-refractivity contribution is 0.100. The second-order valence-electron chi connectivity index (χ2n) is 3.86. The van der Waals surface area contributed by atoms with Crippen molar-refractivity contribution in [1.29, 1.82) is 0 Å². The molecular formula is C10H16N4OS. The molecule has 0 aliphatic heterocycles. The lowest BCUT2D eigenvalue weighted by Crippen LogP contribution is -2.15. The maximum Gasteiger partial charge on any atom is 0.254 e. The van der Waals surface area contributed by atoms with Crippen molar-refractivity contribution >= 4 is 23.5 Å². The van der Waals surface area contributed by atoms with E-state index in [-0.39, 0.29) is 11.4 Å². The summed E-state index contributed by atoms with van der Waals surface area (Å²) in [6.07, 6.45) is 1.38. The van der Waals surface area contributed by atoms with E-state index in [1.807, 2.05) is 0 Å². The third-order valence-electron chi connectivity index (χ3n) is 1.82. The second-order valence-corrected chi connectivity index (χ2v) is 4.89. The first-order chi connectivity index (χ1) is 7.50. The molecule has 0 aliphatic rings. The molecule has 0 aromatic carbocycles. The first kappa shape index (κ1) is 12.8. The van der Waals surface area contributed by atoms with E-state index in [4.69, 9.17) is 11.5 Å². The molecule has 4 N–H and O–H groups in total. The molecule has 0 aliphatic carbocycles. The van der Waals surface area contributed by atoms with Crippen molar-refractivity contribution in [1.82, 2.24) is 9.97 Å². The molecule has 88 valence electrons. The number of carbonyl (C=O) groups excluding carboxylic acids is 1. The second kappa shape index (κ2) is 5.69. The van der Waals surface area contributed by atoms with Crippen LogP contribution in [0.25, 0.3) is 0 Å². The number of thioether (sulfide) groups is 1. The number of carbonyl (C=O) groups is 1. The average molecular weight is 240 g/mol. The van der Waals surface area contributed by atoms with Gasteiger partial charge in [0.25, 0.3) is 5.91 Å². The van der Waals surface area contributed by atoms with Crippen LogP contribution in [-0.4, -0.2) is 21.6 Å². The number of anilines is 1. The Morgan fingerprint density at radius 2 is 2.25 bits per heavy atom. The Kier molecular flexibility index (Phi) is 4.54. The molecule has 0 saturated heterocycles. The SMILES string of the molecule is CC(C)CSCc1ncc(C(N)=O)c(N)n1. The van der Waals surface area contributed by atoms with E-state index >= 15 is 0 Å². The predicted molar refractivity (Wildman–Crippen MR) is 66.0 cm³/mol. The van der Waals surface area contributed by atoms with E-state index in [0.717, 1.165) is 5.75 Å².